The molecule has 6 aromatic rings. The molecule has 0 N–H and O–H groups in total. The zero-order valence-corrected chi connectivity index (χ0v) is 30.4. The molecule has 0 fully saturated rings. The van der Waals surface area contributed by atoms with Gasteiger partial charge in [-0.25, -0.2) is 0 Å². The molecule has 0 aromatic heterocycles. The monoisotopic (exact) mass is 642 g/mol. The fraction of sp³-hybridized carbons (Fsp3) is 0.250. The number of benzene rings is 6. The lowest BCUT2D eigenvalue weighted by Crippen LogP contribution is -2.30. The Morgan fingerprint density at radius 1 is 0.286 bits per heavy atom. The van der Waals surface area contributed by atoms with Crippen molar-refractivity contribution >= 4 is 0 Å². The van der Waals surface area contributed by atoms with Crippen molar-refractivity contribution in [2.45, 2.75) is 77.0 Å². The second-order valence-corrected chi connectivity index (χ2v) is 15.4. The Morgan fingerprint density at radius 2 is 0.551 bits per heavy atom. The van der Waals surface area contributed by atoms with E-state index >= 15 is 0 Å². The first-order valence-electron chi connectivity index (χ1n) is 17.5. The maximum Gasteiger partial charge on any atom is 0.131 e. The highest BCUT2D eigenvalue weighted by molar-refractivity contribution is 5.60. The largest absolute Gasteiger partial charge is 0.457 e. The molecule has 0 unspecified atom stereocenters. The summed E-state index contributed by atoms with van der Waals surface area (Å²) in [6.07, 6.45) is 0. The normalized spacial score (nSPS) is 12.5. The van der Waals surface area contributed by atoms with Crippen molar-refractivity contribution in [3.63, 3.8) is 0 Å². The minimum absolute atomic E-state index is 0.273. The Labute approximate surface area is 294 Å². The van der Waals surface area contributed by atoms with E-state index in [9.17, 15) is 0 Å². The van der Waals surface area contributed by atoms with Crippen molar-refractivity contribution in [2.75, 3.05) is 0 Å². The van der Waals surface area contributed by atoms with Crippen molar-refractivity contribution in [3.8, 4) is 11.5 Å². The topological polar surface area (TPSA) is 9.23 Å². The second-order valence-electron chi connectivity index (χ2n) is 15.4. The third kappa shape index (κ3) is 6.35. The van der Waals surface area contributed by atoms with Crippen LogP contribution >= 0.6 is 0 Å². The van der Waals surface area contributed by atoms with Crippen molar-refractivity contribution in [1.82, 2.24) is 0 Å². The van der Waals surface area contributed by atoms with E-state index in [2.05, 4.69) is 213 Å². The predicted molar refractivity (Wildman–Crippen MR) is 207 cm³/mol. The number of hydrogen-bond donors (Lipinski definition) is 0. The number of hydrogen-bond acceptors (Lipinski definition) is 1. The summed E-state index contributed by atoms with van der Waals surface area (Å²) in [7, 11) is 0. The zero-order valence-electron chi connectivity index (χ0n) is 30.4. The van der Waals surface area contributed by atoms with Crippen LogP contribution in [0.3, 0.4) is 0 Å². The molecule has 0 atom stereocenters. The summed E-state index contributed by atoms with van der Waals surface area (Å²) in [6, 6.07) is 56.6. The van der Waals surface area contributed by atoms with Gasteiger partial charge in [-0.2, -0.15) is 0 Å². The Bertz CT molecular complexity index is 1850. The van der Waals surface area contributed by atoms with Gasteiger partial charge in [0.1, 0.15) is 11.5 Å². The van der Waals surface area contributed by atoms with Crippen LogP contribution in [-0.2, 0) is 21.7 Å². The highest BCUT2D eigenvalue weighted by Gasteiger charge is 2.38. The van der Waals surface area contributed by atoms with Crippen LogP contribution in [0.25, 0.3) is 0 Å². The zero-order chi connectivity index (χ0) is 34.9. The van der Waals surface area contributed by atoms with Gasteiger partial charge in [0.2, 0.25) is 0 Å². The van der Waals surface area contributed by atoms with Gasteiger partial charge in [0.05, 0.1) is 0 Å². The smallest absolute Gasteiger partial charge is 0.131 e. The standard InChI is InChI=1S/C48H50O/c1-45(2,35-23-13-9-14-24-35)39-31-21-33-41(43(39)47(5,6)37-27-17-11-18-28-37)49-42-34-22-32-40(46(3,4)36-25-15-10-16-26-36)44(42)48(7,8)38-29-19-12-20-30-38/h9-34H,1-8H3. The quantitative estimate of drug-likeness (QED) is 0.144. The van der Waals surface area contributed by atoms with E-state index in [1.807, 2.05) is 0 Å². The average molecular weight is 643 g/mol. The lowest BCUT2D eigenvalue weighted by molar-refractivity contribution is 0.434. The summed E-state index contributed by atoms with van der Waals surface area (Å²) in [5.74, 6) is 1.77. The maximum atomic E-state index is 7.40. The van der Waals surface area contributed by atoms with E-state index in [1.54, 1.807) is 0 Å². The lowest BCUT2D eigenvalue weighted by Gasteiger charge is -2.38. The van der Waals surface area contributed by atoms with Crippen LogP contribution in [-0.4, -0.2) is 0 Å². The fourth-order valence-corrected chi connectivity index (χ4v) is 7.70. The summed E-state index contributed by atoms with van der Waals surface area (Å²) in [5, 5.41) is 0. The van der Waals surface area contributed by atoms with Gasteiger partial charge in [0, 0.05) is 32.8 Å². The Hall–Kier alpha value is -4.88. The Balaban J connectivity index is 1.62. The molecule has 248 valence electrons. The lowest BCUT2D eigenvalue weighted by atomic mass is 9.67. The molecule has 6 aromatic carbocycles. The van der Waals surface area contributed by atoms with Crippen molar-refractivity contribution in [1.29, 1.82) is 0 Å². The minimum Gasteiger partial charge on any atom is -0.457 e. The molecule has 0 aliphatic carbocycles. The summed E-state index contributed by atoms with van der Waals surface area (Å²) in [5.41, 5.74) is 8.72. The highest BCUT2D eigenvalue weighted by atomic mass is 16.5. The van der Waals surface area contributed by atoms with Gasteiger partial charge in [0.15, 0.2) is 0 Å². The minimum atomic E-state index is -0.352. The predicted octanol–water partition coefficient (Wildman–Crippen LogP) is 12.8. The van der Waals surface area contributed by atoms with Gasteiger partial charge >= 0.3 is 0 Å². The molecule has 0 saturated carbocycles. The van der Waals surface area contributed by atoms with E-state index in [4.69, 9.17) is 4.74 Å². The van der Waals surface area contributed by atoms with Crippen LogP contribution in [0.1, 0.15) is 99.9 Å². The second kappa shape index (κ2) is 13.2. The third-order valence-corrected chi connectivity index (χ3v) is 10.9. The van der Waals surface area contributed by atoms with E-state index < -0.39 is 0 Å². The number of ether oxygens (including phenoxy) is 1. The van der Waals surface area contributed by atoms with Crippen LogP contribution in [0.2, 0.25) is 0 Å². The van der Waals surface area contributed by atoms with E-state index in [-0.39, 0.29) is 21.7 Å². The van der Waals surface area contributed by atoms with Crippen molar-refractivity contribution < 1.29 is 4.74 Å². The van der Waals surface area contributed by atoms with Crippen molar-refractivity contribution in [3.05, 3.63) is 202 Å². The number of rotatable bonds is 10. The summed E-state index contributed by atoms with van der Waals surface area (Å²) >= 11 is 0. The molecule has 0 radical (unpaired) electrons. The Kier molecular flexibility index (Phi) is 9.16. The van der Waals surface area contributed by atoms with Crippen molar-refractivity contribution in [2.24, 2.45) is 0 Å². The van der Waals surface area contributed by atoms with Crippen LogP contribution < -0.4 is 4.74 Å². The van der Waals surface area contributed by atoms with Gasteiger partial charge in [-0.3, -0.25) is 0 Å². The van der Waals surface area contributed by atoms with Crippen LogP contribution in [0.4, 0.5) is 0 Å². The van der Waals surface area contributed by atoms with E-state index in [0.29, 0.717) is 0 Å². The molecular weight excluding hydrogens is 593 g/mol. The van der Waals surface area contributed by atoms with Gasteiger partial charge in [0.25, 0.3) is 0 Å². The molecule has 0 aliphatic heterocycles. The molecule has 0 heterocycles. The molecule has 1 nitrogen and oxygen atoms in total. The molecule has 1 heteroatoms. The van der Waals surface area contributed by atoms with Crippen LogP contribution in [0.15, 0.2) is 158 Å². The molecule has 0 amide bonds. The fourth-order valence-electron chi connectivity index (χ4n) is 7.70. The Morgan fingerprint density at radius 3 is 0.837 bits per heavy atom. The summed E-state index contributed by atoms with van der Waals surface area (Å²) in [6.45, 7) is 18.7. The summed E-state index contributed by atoms with van der Waals surface area (Å²) < 4.78 is 7.40. The van der Waals surface area contributed by atoms with Gasteiger partial charge in [-0.15, -0.1) is 0 Å². The molecule has 6 rings (SSSR count). The van der Waals surface area contributed by atoms with Crippen LogP contribution in [0, 0.1) is 0 Å². The maximum absolute atomic E-state index is 7.40. The first-order chi connectivity index (χ1) is 23.4. The average Bonchev–Trinajstić information content (AvgIpc) is 3.13. The van der Waals surface area contributed by atoms with Gasteiger partial charge in [-0.1, -0.05) is 201 Å². The third-order valence-electron chi connectivity index (χ3n) is 10.9. The van der Waals surface area contributed by atoms with E-state index in [1.165, 1.54) is 44.5 Å². The molecule has 0 bridgehead atoms. The molecule has 0 saturated heterocycles. The van der Waals surface area contributed by atoms with E-state index in [0.717, 1.165) is 11.5 Å². The molecule has 0 spiro atoms. The molecular formula is C48H50O. The SMILES string of the molecule is CC(C)(c1ccccc1)c1cccc(Oc2cccc(C(C)(C)c3ccccc3)c2C(C)(C)c2ccccc2)c1C(C)(C)c1ccccc1. The molecule has 0 aliphatic rings. The van der Waals surface area contributed by atoms with Gasteiger partial charge in [-0.05, 0) is 45.5 Å². The summed E-state index contributed by atoms with van der Waals surface area (Å²) in [4.78, 5) is 0. The van der Waals surface area contributed by atoms with Gasteiger partial charge < -0.3 is 4.74 Å². The molecule has 49 heavy (non-hydrogen) atoms. The highest BCUT2D eigenvalue weighted by Crippen LogP contribution is 2.50. The van der Waals surface area contributed by atoms with Crippen LogP contribution in [0.5, 0.6) is 11.5 Å². The first-order valence-corrected chi connectivity index (χ1v) is 17.5. The first kappa shape index (κ1) is 34.0.